The number of hydrogen-bond donors (Lipinski definition) is 3. The van der Waals surface area contributed by atoms with Gasteiger partial charge >= 0.3 is 0 Å². The number of hydrogen-bond acceptors (Lipinski definition) is 3. The van der Waals surface area contributed by atoms with E-state index in [1.54, 1.807) is 0 Å². The Morgan fingerprint density at radius 2 is 2.17 bits per heavy atom. The first-order valence-electron chi connectivity index (χ1n) is 7.31. The van der Waals surface area contributed by atoms with Crippen molar-refractivity contribution in [3.8, 4) is 0 Å². The molecule has 0 amide bonds. The molecule has 0 bridgehead atoms. The van der Waals surface area contributed by atoms with Crippen LogP contribution in [0.15, 0.2) is 4.99 Å². The van der Waals surface area contributed by atoms with Crippen molar-refractivity contribution in [3.05, 3.63) is 0 Å². The Labute approximate surface area is 110 Å². The molecule has 1 saturated carbocycles. The molecule has 2 fully saturated rings. The quantitative estimate of drug-likeness (QED) is 0.223. The normalized spacial score (nSPS) is 26.1. The summed E-state index contributed by atoms with van der Waals surface area (Å²) < 4.78 is 0. The van der Waals surface area contributed by atoms with E-state index < -0.39 is 0 Å². The second kappa shape index (κ2) is 6.95. The van der Waals surface area contributed by atoms with Crippen molar-refractivity contribution in [2.45, 2.75) is 57.5 Å². The van der Waals surface area contributed by atoms with E-state index in [-0.39, 0.29) is 0 Å². The van der Waals surface area contributed by atoms with Crippen molar-refractivity contribution in [2.24, 2.45) is 10.8 Å². The van der Waals surface area contributed by atoms with Gasteiger partial charge in [0, 0.05) is 25.2 Å². The fourth-order valence-electron chi connectivity index (χ4n) is 2.51. The van der Waals surface area contributed by atoms with Crippen molar-refractivity contribution in [2.75, 3.05) is 19.6 Å². The second-order valence-electron chi connectivity index (χ2n) is 5.53. The highest BCUT2D eigenvalue weighted by atomic mass is 15.3. The molecule has 18 heavy (non-hydrogen) atoms. The predicted octanol–water partition coefficient (Wildman–Crippen LogP) is 0.822. The molecule has 5 heteroatoms. The van der Waals surface area contributed by atoms with Crippen LogP contribution in [0.5, 0.6) is 0 Å². The van der Waals surface area contributed by atoms with Crippen LogP contribution in [0.25, 0.3) is 0 Å². The lowest BCUT2D eigenvalue weighted by molar-refractivity contribution is 0.160. The zero-order valence-corrected chi connectivity index (χ0v) is 11.5. The van der Waals surface area contributed by atoms with E-state index in [0.29, 0.717) is 6.04 Å². The third-order valence-corrected chi connectivity index (χ3v) is 3.87. The maximum Gasteiger partial charge on any atom is 0.205 e. The van der Waals surface area contributed by atoms with Crippen LogP contribution in [-0.2, 0) is 0 Å². The van der Waals surface area contributed by atoms with Crippen molar-refractivity contribution >= 4 is 5.96 Å². The smallest absolute Gasteiger partial charge is 0.205 e. The standard InChI is InChI=1S/C13H27N5/c1-11-5-2-3-9-18(11)10-4-8-15-13(17-14)16-12-6-7-12/h11-12H,2-10,14H2,1H3,(H2,15,16,17). The molecular weight excluding hydrogens is 226 g/mol. The molecular formula is C13H27N5. The van der Waals surface area contributed by atoms with Gasteiger partial charge in [-0.15, -0.1) is 0 Å². The van der Waals surface area contributed by atoms with Crippen LogP contribution >= 0.6 is 0 Å². The molecule has 1 heterocycles. The Hall–Kier alpha value is -0.810. The molecule has 1 aliphatic carbocycles. The Bertz CT molecular complexity index is 275. The molecule has 1 unspecified atom stereocenters. The van der Waals surface area contributed by atoms with Gasteiger partial charge in [-0.05, 0) is 45.6 Å². The van der Waals surface area contributed by atoms with Gasteiger partial charge in [0.15, 0.2) is 0 Å². The first-order chi connectivity index (χ1) is 8.79. The second-order valence-corrected chi connectivity index (χ2v) is 5.53. The molecule has 2 aliphatic rings. The largest absolute Gasteiger partial charge is 0.353 e. The number of guanidine groups is 1. The predicted molar refractivity (Wildman–Crippen MR) is 75.3 cm³/mol. The molecule has 0 aromatic rings. The highest BCUT2D eigenvalue weighted by Gasteiger charge is 2.22. The summed E-state index contributed by atoms with van der Waals surface area (Å²) in [5.41, 5.74) is 2.65. The van der Waals surface area contributed by atoms with E-state index in [0.717, 1.165) is 31.5 Å². The summed E-state index contributed by atoms with van der Waals surface area (Å²) >= 11 is 0. The number of aliphatic imine (C=N–C) groups is 1. The number of rotatable bonds is 5. The van der Waals surface area contributed by atoms with Crippen LogP contribution in [0.4, 0.5) is 0 Å². The Kier molecular flexibility index (Phi) is 5.26. The zero-order chi connectivity index (χ0) is 12.8. The van der Waals surface area contributed by atoms with E-state index in [2.05, 4.69) is 27.6 Å². The van der Waals surface area contributed by atoms with Crippen LogP contribution in [0.3, 0.4) is 0 Å². The monoisotopic (exact) mass is 253 g/mol. The summed E-state index contributed by atoms with van der Waals surface area (Å²) in [6.45, 7) is 5.60. The average molecular weight is 253 g/mol. The van der Waals surface area contributed by atoms with E-state index in [1.807, 2.05) is 0 Å². The fraction of sp³-hybridized carbons (Fsp3) is 0.923. The van der Waals surface area contributed by atoms with Crippen molar-refractivity contribution in [3.63, 3.8) is 0 Å². The van der Waals surface area contributed by atoms with Gasteiger partial charge < -0.3 is 10.2 Å². The first kappa shape index (κ1) is 13.6. The molecule has 0 aromatic carbocycles. The van der Waals surface area contributed by atoms with Gasteiger partial charge in [-0.1, -0.05) is 6.42 Å². The minimum Gasteiger partial charge on any atom is -0.353 e. The zero-order valence-electron chi connectivity index (χ0n) is 11.5. The molecule has 104 valence electrons. The highest BCUT2D eigenvalue weighted by molar-refractivity contribution is 5.79. The van der Waals surface area contributed by atoms with Crippen LogP contribution in [0.1, 0.15) is 45.4 Å². The Morgan fingerprint density at radius 1 is 1.33 bits per heavy atom. The average Bonchev–Trinajstić information content (AvgIpc) is 3.19. The van der Waals surface area contributed by atoms with Crippen molar-refractivity contribution in [1.82, 2.24) is 15.6 Å². The maximum absolute atomic E-state index is 5.44. The lowest BCUT2D eigenvalue weighted by Gasteiger charge is -2.33. The van der Waals surface area contributed by atoms with E-state index in [1.165, 1.54) is 38.6 Å². The molecule has 0 spiro atoms. The highest BCUT2D eigenvalue weighted by Crippen LogP contribution is 2.18. The van der Waals surface area contributed by atoms with Crippen molar-refractivity contribution < 1.29 is 0 Å². The number of piperidine rings is 1. The molecule has 5 nitrogen and oxygen atoms in total. The number of nitrogens with one attached hydrogen (secondary N) is 2. The van der Waals surface area contributed by atoms with Gasteiger partial charge in [-0.25, -0.2) is 5.84 Å². The number of nitrogens with zero attached hydrogens (tertiary/aromatic N) is 2. The van der Waals surface area contributed by atoms with Crippen LogP contribution in [0, 0.1) is 0 Å². The third kappa shape index (κ3) is 4.46. The fourth-order valence-corrected chi connectivity index (χ4v) is 2.51. The molecule has 1 saturated heterocycles. The summed E-state index contributed by atoms with van der Waals surface area (Å²) in [5.74, 6) is 6.20. The molecule has 0 radical (unpaired) electrons. The Morgan fingerprint density at radius 3 is 2.83 bits per heavy atom. The van der Waals surface area contributed by atoms with E-state index >= 15 is 0 Å². The topological polar surface area (TPSA) is 65.7 Å². The molecule has 2 rings (SSSR count). The van der Waals surface area contributed by atoms with Gasteiger partial charge in [-0.2, -0.15) is 0 Å². The lowest BCUT2D eigenvalue weighted by Crippen LogP contribution is -2.43. The minimum atomic E-state index is 0.599. The first-order valence-corrected chi connectivity index (χ1v) is 7.31. The minimum absolute atomic E-state index is 0.599. The third-order valence-electron chi connectivity index (χ3n) is 3.87. The summed E-state index contributed by atoms with van der Waals surface area (Å²) in [4.78, 5) is 7.06. The van der Waals surface area contributed by atoms with Crippen molar-refractivity contribution in [1.29, 1.82) is 0 Å². The van der Waals surface area contributed by atoms with Gasteiger partial charge in [0.05, 0.1) is 0 Å². The maximum atomic E-state index is 5.44. The lowest BCUT2D eigenvalue weighted by atomic mass is 10.0. The van der Waals surface area contributed by atoms with Crippen LogP contribution in [-0.4, -0.2) is 42.6 Å². The van der Waals surface area contributed by atoms with Gasteiger partial charge in [0.2, 0.25) is 5.96 Å². The molecule has 4 N–H and O–H groups in total. The van der Waals surface area contributed by atoms with Crippen LogP contribution in [0.2, 0.25) is 0 Å². The van der Waals surface area contributed by atoms with Gasteiger partial charge in [0.1, 0.15) is 0 Å². The van der Waals surface area contributed by atoms with Gasteiger partial charge in [0.25, 0.3) is 0 Å². The van der Waals surface area contributed by atoms with Gasteiger partial charge in [-0.3, -0.25) is 10.4 Å². The SMILES string of the molecule is CC1CCCCN1CCCN=C(NN)NC1CC1. The number of hydrazine groups is 1. The number of nitrogens with two attached hydrogens (primary N) is 1. The Balaban J connectivity index is 1.62. The number of likely N-dealkylation sites (tertiary alicyclic amines) is 1. The molecule has 0 aromatic heterocycles. The van der Waals surface area contributed by atoms with E-state index in [9.17, 15) is 0 Å². The summed E-state index contributed by atoms with van der Waals surface area (Å²) in [6.07, 6.45) is 7.69. The summed E-state index contributed by atoms with van der Waals surface area (Å²) in [6, 6.07) is 1.35. The van der Waals surface area contributed by atoms with Crippen LogP contribution < -0.4 is 16.6 Å². The molecule has 1 aliphatic heterocycles. The van der Waals surface area contributed by atoms with E-state index in [4.69, 9.17) is 5.84 Å². The molecule has 1 atom stereocenters. The summed E-state index contributed by atoms with van der Waals surface area (Å²) in [7, 11) is 0. The summed E-state index contributed by atoms with van der Waals surface area (Å²) in [5, 5.41) is 3.29.